The van der Waals surface area contributed by atoms with Crippen molar-refractivity contribution in [1.29, 1.82) is 0 Å². The zero-order valence-corrected chi connectivity index (χ0v) is 12.2. The summed E-state index contributed by atoms with van der Waals surface area (Å²) in [7, 11) is 0. The van der Waals surface area contributed by atoms with Gasteiger partial charge in [0.05, 0.1) is 5.02 Å². The second kappa shape index (κ2) is 5.81. The molecule has 3 rings (SSSR count). The summed E-state index contributed by atoms with van der Waals surface area (Å²) in [4.78, 5) is 4.22. The molecule has 104 valence electrons. The van der Waals surface area contributed by atoms with Crippen molar-refractivity contribution in [2.45, 2.75) is 32.4 Å². The van der Waals surface area contributed by atoms with Gasteiger partial charge >= 0.3 is 0 Å². The van der Waals surface area contributed by atoms with Gasteiger partial charge in [0.1, 0.15) is 5.75 Å². The molecule has 3 nitrogen and oxygen atoms in total. The van der Waals surface area contributed by atoms with Crippen molar-refractivity contribution in [3.05, 3.63) is 52.7 Å². The molecule has 20 heavy (non-hydrogen) atoms. The van der Waals surface area contributed by atoms with Crippen LogP contribution in [0.2, 0.25) is 5.02 Å². The maximum absolute atomic E-state index is 6.17. The standard InChI is InChI=1S/C16H17ClN2O/c1-11-2-6-14(7-3-11)20-16-8-12(15(17)10-19-16)9-18-13-4-5-13/h2-3,6-8,10,13,18H,4-5,9H2,1H3. The summed E-state index contributed by atoms with van der Waals surface area (Å²) in [5, 5.41) is 4.12. The Morgan fingerprint density at radius 2 is 2.05 bits per heavy atom. The maximum atomic E-state index is 6.17. The third-order valence-electron chi connectivity index (χ3n) is 3.31. The van der Waals surface area contributed by atoms with Crippen LogP contribution >= 0.6 is 11.6 Å². The van der Waals surface area contributed by atoms with Gasteiger partial charge < -0.3 is 10.1 Å². The third-order valence-corrected chi connectivity index (χ3v) is 3.65. The number of hydrogen-bond donors (Lipinski definition) is 1. The summed E-state index contributed by atoms with van der Waals surface area (Å²) in [6.45, 7) is 2.81. The van der Waals surface area contributed by atoms with Crippen molar-refractivity contribution in [1.82, 2.24) is 10.3 Å². The van der Waals surface area contributed by atoms with Crippen LogP contribution in [0.25, 0.3) is 0 Å². The molecule has 1 N–H and O–H groups in total. The van der Waals surface area contributed by atoms with E-state index in [1.807, 2.05) is 37.3 Å². The Labute approximate surface area is 123 Å². The molecule has 1 heterocycles. The third kappa shape index (κ3) is 3.50. The number of hydrogen-bond acceptors (Lipinski definition) is 3. The van der Waals surface area contributed by atoms with Crippen LogP contribution in [0.3, 0.4) is 0 Å². The van der Waals surface area contributed by atoms with E-state index in [2.05, 4.69) is 10.3 Å². The van der Waals surface area contributed by atoms with Crippen molar-refractivity contribution in [2.24, 2.45) is 0 Å². The molecule has 1 fully saturated rings. The van der Waals surface area contributed by atoms with Gasteiger partial charge in [0.2, 0.25) is 5.88 Å². The van der Waals surface area contributed by atoms with Crippen LogP contribution < -0.4 is 10.1 Å². The molecule has 1 aliphatic rings. The Bertz CT molecular complexity index is 594. The molecule has 0 bridgehead atoms. The summed E-state index contributed by atoms with van der Waals surface area (Å²) >= 11 is 6.17. The van der Waals surface area contributed by atoms with Crippen molar-refractivity contribution in [3.63, 3.8) is 0 Å². The van der Waals surface area contributed by atoms with Crippen LogP contribution in [0.5, 0.6) is 11.6 Å². The van der Waals surface area contributed by atoms with E-state index in [-0.39, 0.29) is 0 Å². The molecule has 0 saturated heterocycles. The summed E-state index contributed by atoms with van der Waals surface area (Å²) in [5.41, 5.74) is 2.23. The minimum absolute atomic E-state index is 0.575. The summed E-state index contributed by atoms with van der Waals surface area (Å²) in [6.07, 6.45) is 4.17. The highest BCUT2D eigenvalue weighted by atomic mass is 35.5. The number of benzene rings is 1. The largest absolute Gasteiger partial charge is 0.439 e. The first-order valence-corrected chi connectivity index (χ1v) is 7.21. The average molecular weight is 289 g/mol. The molecule has 0 aliphatic heterocycles. The summed E-state index contributed by atoms with van der Waals surface area (Å²) in [5.74, 6) is 1.36. The molecule has 1 aromatic heterocycles. The van der Waals surface area contributed by atoms with E-state index in [9.17, 15) is 0 Å². The van der Waals surface area contributed by atoms with Crippen molar-refractivity contribution in [3.8, 4) is 11.6 Å². The van der Waals surface area contributed by atoms with Gasteiger partial charge in [0.15, 0.2) is 0 Å². The molecule has 0 unspecified atom stereocenters. The minimum atomic E-state index is 0.575. The monoisotopic (exact) mass is 288 g/mol. The predicted octanol–water partition coefficient (Wildman–Crippen LogP) is 4.09. The molecule has 2 aromatic rings. The van der Waals surface area contributed by atoms with E-state index in [0.29, 0.717) is 16.9 Å². The van der Waals surface area contributed by atoms with Crippen LogP contribution in [0, 0.1) is 6.92 Å². The quantitative estimate of drug-likeness (QED) is 0.900. The number of halogens is 1. The molecule has 0 radical (unpaired) electrons. The van der Waals surface area contributed by atoms with E-state index < -0.39 is 0 Å². The van der Waals surface area contributed by atoms with Gasteiger partial charge in [-0.2, -0.15) is 0 Å². The zero-order chi connectivity index (χ0) is 13.9. The lowest BCUT2D eigenvalue weighted by atomic mass is 10.2. The second-order valence-electron chi connectivity index (χ2n) is 5.18. The molecule has 0 amide bonds. The Balaban J connectivity index is 1.71. The Morgan fingerprint density at radius 3 is 2.75 bits per heavy atom. The van der Waals surface area contributed by atoms with Crippen molar-refractivity contribution in [2.75, 3.05) is 0 Å². The van der Waals surface area contributed by atoms with E-state index in [4.69, 9.17) is 16.3 Å². The first-order valence-electron chi connectivity index (χ1n) is 6.83. The average Bonchev–Trinajstić information content (AvgIpc) is 3.26. The van der Waals surface area contributed by atoms with Crippen LogP contribution in [0.15, 0.2) is 36.5 Å². The molecule has 4 heteroatoms. The van der Waals surface area contributed by atoms with E-state index >= 15 is 0 Å². The number of nitrogens with zero attached hydrogens (tertiary/aromatic N) is 1. The lowest BCUT2D eigenvalue weighted by Gasteiger charge is -2.09. The van der Waals surface area contributed by atoms with Gasteiger partial charge in [-0.3, -0.25) is 0 Å². The first-order chi connectivity index (χ1) is 9.70. The van der Waals surface area contributed by atoms with Crippen molar-refractivity contribution < 1.29 is 4.74 Å². The lowest BCUT2D eigenvalue weighted by Crippen LogP contribution is -2.15. The van der Waals surface area contributed by atoms with Crippen LogP contribution in [0.4, 0.5) is 0 Å². The minimum Gasteiger partial charge on any atom is -0.439 e. The smallest absolute Gasteiger partial charge is 0.219 e. The maximum Gasteiger partial charge on any atom is 0.219 e. The fourth-order valence-electron chi connectivity index (χ4n) is 1.92. The molecular weight excluding hydrogens is 272 g/mol. The molecule has 0 spiro atoms. The van der Waals surface area contributed by atoms with Gasteiger partial charge in [-0.05, 0) is 37.5 Å². The number of aryl methyl sites for hydroxylation is 1. The van der Waals surface area contributed by atoms with E-state index in [1.54, 1.807) is 6.20 Å². The van der Waals surface area contributed by atoms with E-state index in [1.165, 1.54) is 18.4 Å². The van der Waals surface area contributed by atoms with Crippen LogP contribution in [-0.2, 0) is 6.54 Å². The molecule has 1 aromatic carbocycles. The topological polar surface area (TPSA) is 34.1 Å². The highest BCUT2D eigenvalue weighted by molar-refractivity contribution is 6.31. The fraction of sp³-hybridized carbons (Fsp3) is 0.312. The number of pyridine rings is 1. The number of ether oxygens (including phenoxy) is 1. The lowest BCUT2D eigenvalue weighted by molar-refractivity contribution is 0.461. The number of nitrogens with one attached hydrogen (secondary N) is 1. The Morgan fingerprint density at radius 1 is 1.30 bits per heavy atom. The zero-order valence-electron chi connectivity index (χ0n) is 11.4. The Kier molecular flexibility index (Phi) is 3.90. The highest BCUT2D eigenvalue weighted by Gasteiger charge is 2.20. The van der Waals surface area contributed by atoms with E-state index in [0.717, 1.165) is 17.9 Å². The second-order valence-corrected chi connectivity index (χ2v) is 5.59. The van der Waals surface area contributed by atoms with Gasteiger partial charge in [-0.15, -0.1) is 0 Å². The van der Waals surface area contributed by atoms with Gasteiger partial charge in [0, 0.05) is 24.8 Å². The van der Waals surface area contributed by atoms with Gasteiger partial charge in [0.25, 0.3) is 0 Å². The fourth-order valence-corrected chi connectivity index (χ4v) is 2.09. The highest BCUT2D eigenvalue weighted by Crippen LogP contribution is 2.25. The number of aromatic nitrogens is 1. The molecule has 1 saturated carbocycles. The summed E-state index contributed by atoms with van der Waals surface area (Å²) < 4.78 is 5.75. The normalized spacial score (nSPS) is 14.3. The predicted molar refractivity (Wildman–Crippen MR) is 80.4 cm³/mol. The molecule has 1 aliphatic carbocycles. The van der Waals surface area contributed by atoms with Crippen LogP contribution in [0.1, 0.15) is 24.0 Å². The number of rotatable bonds is 5. The molecular formula is C16H17ClN2O. The van der Waals surface area contributed by atoms with Crippen molar-refractivity contribution >= 4 is 11.6 Å². The van der Waals surface area contributed by atoms with Gasteiger partial charge in [-0.25, -0.2) is 4.98 Å². The first kappa shape index (κ1) is 13.4. The Hall–Kier alpha value is -1.58. The molecule has 0 atom stereocenters. The summed E-state index contributed by atoms with van der Waals surface area (Å²) in [6, 6.07) is 10.5. The van der Waals surface area contributed by atoms with Crippen LogP contribution in [-0.4, -0.2) is 11.0 Å². The SMILES string of the molecule is Cc1ccc(Oc2cc(CNC3CC3)c(Cl)cn2)cc1. The van der Waals surface area contributed by atoms with Gasteiger partial charge in [-0.1, -0.05) is 29.3 Å².